The fourth-order valence-corrected chi connectivity index (χ4v) is 5.92. The Labute approximate surface area is 171 Å². The summed E-state index contributed by atoms with van der Waals surface area (Å²) in [6.07, 6.45) is 4.62. The number of hydrogen-bond acceptors (Lipinski definition) is 6. The second kappa shape index (κ2) is 6.34. The zero-order valence-electron chi connectivity index (χ0n) is 15.5. The first-order valence-corrected chi connectivity index (χ1v) is 11.1. The molecule has 0 aliphatic carbocycles. The minimum Gasteiger partial charge on any atom is -0.370 e. The van der Waals surface area contributed by atoms with Gasteiger partial charge in [0.2, 0.25) is 0 Å². The van der Waals surface area contributed by atoms with Gasteiger partial charge in [-0.25, -0.2) is 4.98 Å². The van der Waals surface area contributed by atoms with Crippen molar-refractivity contribution in [3.8, 4) is 0 Å². The zero-order chi connectivity index (χ0) is 18.8. The quantitative estimate of drug-likeness (QED) is 0.518. The molecular formula is C19H22N4OS3. The summed E-state index contributed by atoms with van der Waals surface area (Å²) in [5.41, 5.74) is 3.41. The van der Waals surface area contributed by atoms with E-state index < -0.39 is 0 Å². The van der Waals surface area contributed by atoms with Crippen LogP contribution in [0.15, 0.2) is 0 Å². The molecule has 5 nitrogen and oxygen atoms in total. The van der Waals surface area contributed by atoms with Crippen LogP contribution in [0.25, 0.3) is 20.4 Å². The van der Waals surface area contributed by atoms with Crippen molar-refractivity contribution in [2.24, 2.45) is 0 Å². The number of pyridine rings is 1. The first kappa shape index (κ1) is 17.7. The van der Waals surface area contributed by atoms with Crippen LogP contribution in [0.3, 0.4) is 0 Å². The van der Waals surface area contributed by atoms with Crippen molar-refractivity contribution in [2.75, 3.05) is 18.0 Å². The molecule has 1 fully saturated rings. The largest absolute Gasteiger partial charge is 0.370 e. The molecule has 0 bridgehead atoms. The third kappa shape index (κ3) is 2.93. The Balaban J connectivity index is 1.86. The molecule has 0 atom stereocenters. The summed E-state index contributed by atoms with van der Waals surface area (Å²) in [6, 6.07) is 0. The summed E-state index contributed by atoms with van der Waals surface area (Å²) in [6.45, 7) is 7.07. The van der Waals surface area contributed by atoms with E-state index in [1.807, 2.05) is 0 Å². The second-order valence-electron chi connectivity index (χ2n) is 8.06. The summed E-state index contributed by atoms with van der Waals surface area (Å²) >= 11 is 12.6. The van der Waals surface area contributed by atoms with Gasteiger partial charge in [-0.05, 0) is 50.9 Å². The first-order chi connectivity index (χ1) is 12.9. The Morgan fingerprint density at radius 2 is 1.89 bits per heavy atom. The number of rotatable bonds is 1. The number of piperidine rings is 1. The standard InChI is InChI=1S/C19H22N4OS3/c1-19(2)8-10-11(9-24-19)15(23-6-4-3-5-7-23)21-17-12(10)13-14(27-17)16(25)22-18(26)20-13/h3-9H2,1-2H3,(H2,20,22,25,26). The summed E-state index contributed by atoms with van der Waals surface area (Å²) in [7, 11) is 0. The maximum Gasteiger partial charge on any atom is 0.175 e. The summed E-state index contributed by atoms with van der Waals surface area (Å²) in [5, 5.41) is 1.17. The maximum atomic E-state index is 6.19. The number of fused-ring (bicyclic) bond motifs is 5. The molecule has 2 aliphatic heterocycles. The van der Waals surface area contributed by atoms with Gasteiger partial charge in [0.15, 0.2) is 4.77 Å². The number of anilines is 1. The molecule has 0 radical (unpaired) electrons. The highest BCUT2D eigenvalue weighted by Gasteiger charge is 2.33. The van der Waals surface area contributed by atoms with Gasteiger partial charge in [0.25, 0.3) is 0 Å². The molecule has 8 heteroatoms. The smallest absolute Gasteiger partial charge is 0.175 e. The summed E-state index contributed by atoms with van der Waals surface area (Å²) in [5.74, 6) is 1.10. The van der Waals surface area contributed by atoms with E-state index in [-0.39, 0.29) is 5.60 Å². The number of thiophene rings is 1. The normalized spacial score (nSPS) is 19.6. The molecule has 2 N–H and O–H groups in total. The number of nitrogens with zero attached hydrogens (tertiary/aromatic N) is 2. The molecule has 5 rings (SSSR count). The molecule has 0 saturated carbocycles. The predicted molar refractivity (Wildman–Crippen MR) is 116 cm³/mol. The average Bonchev–Trinajstić information content (AvgIpc) is 3.00. The monoisotopic (exact) mass is 418 g/mol. The summed E-state index contributed by atoms with van der Waals surface area (Å²) in [4.78, 5) is 15.0. The van der Waals surface area contributed by atoms with Gasteiger partial charge in [-0.1, -0.05) is 12.2 Å². The van der Waals surface area contributed by atoms with E-state index in [4.69, 9.17) is 34.2 Å². The van der Waals surface area contributed by atoms with Gasteiger partial charge in [0, 0.05) is 30.5 Å². The van der Waals surface area contributed by atoms with Crippen molar-refractivity contribution in [3.05, 3.63) is 20.5 Å². The molecule has 3 aromatic rings. The van der Waals surface area contributed by atoms with E-state index in [0.717, 1.165) is 40.4 Å². The van der Waals surface area contributed by atoms with Crippen LogP contribution in [0.5, 0.6) is 0 Å². The molecule has 27 heavy (non-hydrogen) atoms. The van der Waals surface area contributed by atoms with Crippen LogP contribution in [-0.4, -0.2) is 33.6 Å². The molecule has 0 amide bonds. The van der Waals surface area contributed by atoms with E-state index >= 15 is 0 Å². The molecule has 0 spiro atoms. The van der Waals surface area contributed by atoms with Crippen LogP contribution in [0.4, 0.5) is 5.82 Å². The van der Waals surface area contributed by atoms with Crippen molar-refractivity contribution in [3.63, 3.8) is 0 Å². The predicted octanol–water partition coefficient (Wildman–Crippen LogP) is 5.41. The Morgan fingerprint density at radius 3 is 2.67 bits per heavy atom. The number of aromatic nitrogens is 3. The van der Waals surface area contributed by atoms with Crippen LogP contribution in [-0.2, 0) is 17.8 Å². The molecule has 2 aliphatic rings. The van der Waals surface area contributed by atoms with Crippen LogP contribution in [0.1, 0.15) is 44.2 Å². The maximum absolute atomic E-state index is 6.19. The van der Waals surface area contributed by atoms with Gasteiger partial charge in [-0.3, -0.25) is 0 Å². The fraction of sp³-hybridized carbons (Fsp3) is 0.526. The zero-order valence-corrected chi connectivity index (χ0v) is 17.9. The molecule has 0 aromatic carbocycles. The lowest BCUT2D eigenvalue weighted by Gasteiger charge is -2.36. The SMILES string of the molecule is CC1(C)Cc2c(c(N3CCCCC3)nc3sc4c(=S)[nH]c(=S)[nH]c4c23)CO1. The lowest BCUT2D eigenvalue weighted by Crippen LogP contribution is -2.36. The van der Waals surface area contributed by atoms with Gasteiger partial charge in [0.1, 0.15) is 15.3 Å². The van der Waals surface area contributed by atoms with E-state index in [9.17, 15) is 0 Å². The van der Waals surface area contributed by atoms with Gasteiger partial charge in [-0.2, -0.15) is 0 Å². The second-order valence-corrected chi connectivity index (χ2v) is 9.88. The molecule has 142 valence electrons. The van der Waals surface area contributed by atoms with Crippen LogP contribution in [0, 0.1) is 9.41 Å². The number of aromatic amines is 2. The molecule has 5 heterocycles. The highest BCUT2D eigenvalue weighted by atomic mass is 32.1. The van der Waals surface area contributed by atoms with Crippen molar-refractivity contribution in [1.29, 1.82) is 0 Å². The Hall–Kier alpha value is -1.35. The molecule has 3 aromatic heterocycles. The number of hydrogen-bond donors (Lipinski definition) is 2. The minimum atomic E-state index is -0.191. The molecule has 0 unspecified atom stereocenters. The summed E-state index contributed by atoms with van der Waals surface area (Å²) < 4.78 is 8.47. The number of H-pyrrole nitrogens is 2. The highest BCUT2D eigenvalue weighted by Crippen LogP contribution is 2.43. The number of ether oxygens (including phenoxy) is 1. The number of nitrogens with one attached hydrogen (secondary N) is 2. The van der Waals surface area contributed by atoms with Crippen molar-refractivity contribution in [2.45, 2.75) is 51.7 Å². The topological polar surface area (TPSA) is 56.9 Å². The van der Waals surface area contributed by atoms with E-state index in [1.165, 1.54) is 35.8 Å². The van der Waals surface area contributed by atoms with E-state index in [0.29, 0.717) is 16.0 Å². The van der Waals surface area contributed by atoms with E-state index in [2.05, 4.69) is 28.7 Å². The molecular weight excluding hydrogens is 396 g/mol. The highest BCUT2D eigenvalue weighted by molar-refractivity contribution is 7.72. The lowest BCUT2D eigenvalue weighted by atomic mass is 9.90. The molecule has 1 saturated heterocycles. The third-order valence-corrected chi connectivity index (χ3v) is 7.31. The van der Waals surface area contributed by atoms with Gasteiger partial charge >= 0.3 is 0 Å². The van der Waals surface area contributed by atoms with Crippen molar-refractivity contribution in [1.82, 2.24) is 15.0 Å². The van der Waals surface area contributed by atoms with Gasteiger partial charge < -0.3 is 19.6 Å². The Bertz CT molecular complexity index is 1170. The first-order valence-electron chi connectivity index (χ1n) is 9.42. The van der Waals surface area contributed by atoms with E-state index in [1.54, 1.807) is 11.3 Å². The van der Waals surface area contributed by atoms with Crippen LogP contribution in [0.2, 0.25) is 0 Å². The average molecular weight is 419 g/mol. The van der Waals surface area contributed by atoms with Crippen LogP contribution < -0.4 is 4.90 Å². The van der Waals surface area contributed by atoms with Crippen molar-refractivity contribution >= 4 is 62.0 Å². The Kier molecular flexibility index (Phi) is 4.16. The third-order valence-electron chi connectivity index (χ3n) is 5.57. The minimum absolute atomic E-state index is 0.191. The van der Waals surface area contributed by atoms with Gasteiger partial charge in [-0.15, -0.1) is 11.3 Å². The Morgan fingerprint density at radius 1 is 1.11 bits per heavy atom. The van der Waals surface area contributed by atoms with Gasteiger partial charge in [0.05, 0.1) is 22.4 Å². The lowest BCUT2D eigenvalue weighted by molar-refractivity contribution is -0.0395. The fourth-order valence-electron chi connectivity index (χ4n) is 4.27. The van der Waals surface area contributed by atoms with Crippen LogP contribution >= 0.6 is 35.8 Å². The van der Waals surface area contributed by atoms with Crippen molar-refractivity contribution < 1.29 is 4.74 Å².